The molecule has 0 aromatic heterocycles. The van der Waals surface area contributed by atoms with E-state index in [-0.39, 0.29) is 24.2 Å². The van der Waals surface area contributed by atoms with Crippen LogP contribution in [0.2, 0.25) is 0 Å². The molecule has 0 unspecified atom stereocenters. The summed E-state index contributed by atoms with van der Waals surface area (Å²) < 4.78 is 50.1. The van der Waals surface area contributed by atoms with Crippen molar-refractivity contribution in [2.75, 3.05) is 0 Å². The van der Waals surface area contributed by atoms with Crippen molar-refractivity contribution in [1.29, 1.82) is 0 Å². The molecule has 3 atom stereocenters. The van der Waals surface area contributed by atoms with Crippen molar-refractivity contribution in [2.24, 2.45) is 5.92 Å². The van der Waals surface area contributed by atoms with Crippen LogP contribution in [0.1, 0.15) is 28.2 Å². The summed E-state index contributed by atoms with van der Waals surface area (Å²) in [4.78, 5) is 11.0. The van der Waals surface area contributed by atoms with Gasteiger partial charge < -0.3 is 14.6 Å². The van der Waals surface area contributed by atoms with E-state index in [1.54, 1.807) is 24.3 Å². The van der Waals surface area contributed by atoms with Crippen LogP contribution in [0, 0.1) is 12.8 Å². The van der Waals surface area contributed by atoms with Crippen LogP contribution in [0.5, 0.6) is 11.5 Å². The van der Waals surface area contributed by atoms with Gasteiger partial charge in [-0.15, -0.1) is 0 Å². The number of rotatable bonds is 4. The molecule has 2 aromatic rings. The number of fused-ring (bicyclic) bond motifs is 3. The molecule has 136 valence electrons. The molecule has 0 saturated heterocycles. The molecule has 1 aliphatic heterocycles. The Labute approximate surface area is 147 Å². The van der Waals surface area contributed by atoms with Crippen LogP contribution in [0.25, 0.3) is 0 Å². The zero-order valence-corrected chi connectivity index (χ0v) is 13.7. The molecule has 1 N–H and O–H groups in total. The zero-order valence-electron chi connectivity index (χ0n) is 13.7. The van der Waals surface area contributed by atoms with Crippen LogP contribution < -0.4 is 9.47 Å². The third kappa shape index (κ3) is 2.77. The largest absolute Gasteiger partial charge is 0.489 e. The number of ether oxygens (including phenoxy) is 2. The quantitative estimate of drug-likeness (QED) is 0.886. The number of halogens is 3. The summed E-state index contributed by atoms with van der Waals surface area (Å²) in [6.45, 7) is 1.41. The Hall–Kier alpha value is -2.70. The summed E-state index contributed by atoms with van der Waals surface area (Å²) >= 11 is 0. The van der Waals surface area contributed by atoms with Crippen LogP contribution in [0.4, 0.5) is 13.2 Å². The van der Waals surface area contributed by atoms with E-state index >= 15 is 0 Å². The van der Waals surface area contributed by atoms with Gasteiger partial charge in [0, 0.05) is 17.5 Å². The predicted octanol–water partition coefficient (Wildman–Crippen LogP) is 4.15. The zero-order chi connectivity index (χ0) is 18.6. The van der Waals surface area contributed by atoms with Gasteiger partial charge in [0.15, 0.2) is 0 Å². The first-order valence-electron chi connectivity index (χ1n) is 8.08. The van der Waals surface area contributed by atoms with E-state index in [2.05, 4.69) is 0 Å². The average molecular weight is 364 g/mol. The van der Waals surface area contributed by atoms with Crippen molar-refractivity contribution >= 4 is 5.97 Å². The van der Waals surface area contributed by atoms with E-state index in [9.17, 15) is 18.0 Å². The minimum atomic E-state index is -4.40. The van der Waals surface area contributed by atoms with Gasteiger partial charge in [0.2, 0.25) is 0 Å². The first-order valence-corrected chi connectivity index (χ1v) is 8.08. The Bertz CT molecular complexity index is 891. The average Bonchev–Trinajstić information content (AvgIpc) is 3.16. The van der Waals surface area contributed by atoms with E-state index < -0.39 is 23.6 Å². The number of benzene rings is 2. The standard InChI is InChI=1S/C19H15F3O4/c1-9-2-3-10(6-13(9)19(20,21)22)8-25-11-4-5-12-14(7-11)26-17-15(12)16(17)18(23)24/h2-7,15-17H,8H2,1H3,(H,23,24)/t15-,16-,17-/m1/s1. The molecule has 1 saturated carbocycles. The monoisotopic (exact) mass is 364 g/mol. The summed E-state index contributed by atoms with van der Waals surface area (Å²) in [5.74, 6) is -0.447. The molecule has 7 heteroatoms. The first-order chi connectivity index (χ1) is 12.3. The van der Waals surface area contributed by atoms with Crippen molar-refractivity contribution in [1.82, 2.24) is 0 Å². The second-order valence-electron chi connectivity index (χ2n) is 6.61. The highest BCUT2D eigenvalue weighted by Crippen LogP contribution is 2.58. The normalized spacial score (nSPS) is 23.0. The predicted molar refractivity (Wildman–Crippen MR) is 85.2 cm³/mol. The lowest BCUT2D eigenvalue weighted by atomic mass is 10.0. The van der Waals surface area contributed by atoms with Crippen molar-refractivity contribution < 1.29 is 32.5 Å². The summed E-state index contributed by atoms with van der Waals surface area (Å²) in [5, 5.41) is 9.06. The summed E-state index contributed by atoms with van der Waals surface area (Å²) in [5.41, 5.74) is 0.748. The van der Waals surface area contributed by atoms with Crippen molar-refractivity contribution in [3.63, 3.8) is 0 Å². The molecule has 1 aliphatic carbocycles. The highest BCUT2D eigenvalue weighted by molar-refractivity contribution is 5.79. The SMILES string of the molecule is Cc1ccc(COc2ccc3c(c2)O[C@H]2[C@H](C(=O)O)[C@@H]32)cc1C(F)(F)F. The fourth-order valence-corrected chi connectivity index (χ4v) is 3.45. The number of carboxylic acids is 1. The van der Waals surface area contributed by atoms with Gasteiger partial charge in [-0.3, -0.25) is 4.79 Å². The lowest BCUT2D eigenvalue weighted by Gasteiger charge is -2.13. The molecule has 26 heavy (non-hydrogen) atoms. The molecule has 1 heterocycles. The minimum absolute atomic E-state index is 0.00719. The van der Waals surface area contributed by atoms with Crippen molar-refractivity contribution in [2.45, 2.75) is 31.7 Å². The third-order valence-electron chi connectivity index (χ3n) is 4.86. The molecule has 0 radical (unpaired) electrons. The van der Waals surface area contributed by atoms with Gasteiger partial charge in [-0.1, -0.05) is 18.2 Å². The maximum absolute atomic E-state index is 13.0. The Morgan fingerprint density at radius 1 is 1.23 bits per heavy atom. The first kappa shape index (κ1) is 16.8. The molecule has 0 bridgehead atoms. The summed E-state index contributed by atoms with van der Waals surface area (Å²) in [6, 6.07) is 9.20. The van der Waals surface area contributed by atoms with E-state index in [4.69, 9.17) is 14.6 Å². The fourth-order valence-electron chi connectivity index (χ4n) is 3.45. The maximum Gasteiger partial charge on any atom is 0.416 e. The smallest absolute Gasteiger partial charge is 0.416 e. The van der Waals surface area contributed by atoms with E-state index in [0.29, 0.717) is 17.1 Å². The topological polar surface area (TPSA) is 55.8 Å². The van der Waals surface area contributed by atoms with Crippen LogP contribution in [0.15, 0.2) is 36.4 Å². The molecule has 4 rings (SSSR count). The third-order valence-corrected chi connectivity index (χ3v) is 4.86. The molecule has 2 aliphatic rings. The second-order valence-corrected chi connectivity index (χ2v) is 6.61. The molecule has 0 amide bonds. The molecule has 2 aromatic carbocycles. The van der Waals surface area contributed by atoms with E-state index in [1.165, 1.54) is 13.0 Å². The Balaban J connectivity index is 1.46. The molecular weight excluding hydrogens is 349 g/mol. The van der Waals surface area contributed by atoms with Crippen LogP contribution in [-0.2, 0) is 17.6 Å². The molecule has 4 nitrogen and oxygen atoms in total. The lowest BCUT2D eigenvalue weighted by molar-refractivity contribution is -0.139. The fraction of sp³-hybridized carbons (Fsp3) is 0.316. The van der Waals surface area contributed by atoms with Crippen LogP contribution in [0.3, 0.4) is 0 Å². The Morgan fingerprint density at radius 2 is 2.00 bits per heavy atom. The van der Waals surface area contributed by atoms with E-state index in [0.717, 1.165) is 11.6 Å². The van der Waals surface area contributed by atoms with Gasteiger partial charge >= 0.3 is 12.1 Å². The molecule has 0 spiro atoms. The van der Waals surface area contributed by atoms with Gasteiger partial charge in [0.1, 0.15) is 30.1 Å². The number of hydrogen-bond donors (Lipinski definition) is 1. The second kappa shape index (κ2) is 5.65. The number of carbonyl (C=O) groups is 1. The van der Waals surface area contributed by atoms with Crippen molar-refractivity contribution in [3.05, 3.63) is 58.7 Å². The number of carboxylic acid groups (broad SMARTS) is 1. The van der Waals surface area contributed by atoms with Gasteiger partial charge in [-0.2, -0.15) is 13.2 Å². The minimum Gasteiger partial charge on any atom is -0.489 e. The van der Waals surface area contributed by atoms with Crippen LogP contribution in [-0.4, -0.2) is 17.2 Å². The van der Waals surface area contributed by atoms with Crippen LogP contribution >= 0.6 is 0 Å². The number of alkyl halides is 3. The van der Waals surface area contributed by atoms with Gasteiger partial charge in [-0.05, 0) is 30.2 Å². The Morgan fingerprint density at radius 3 is 2.69 bits per heavy atom. The van der Waals surface area contributed by atoms with Gasteiger partial charge in [0.25, 0.3) is 0 Å². The van der Waals surface area contributed by atoms with Crippen molar-refractivity contribution in [3.8, 4) is 11.5 Å². The lowest BCUT2D eigenvalue weighted by Crippen LogP contribution is -2.09. The van der Waals surface area contributed by atoms with E-state index in [1.807, 2.05) is 0 Å². The summed E-state index contributed by atoms with van der Waals surface area (Å²) in [7, 11) is 0. The highest BCUT2D eigenvalue weighted by Gasteiger charge is 2.63. The number of aryl methyl sites for hydroxylation is 1. The molecular formula is C19H15F3O4. The Kier molecular flexibility index (Phi) is 3.64. The maximum atomic E-state index is 13.0. The molecule has 1 fully saturated rings. The highest BCUT2D eigenvalue weighted by atomic mass is 19.4. The number of hydrogen-bond acceptors (Lipinski definition) is 3. The van der Waals surface area contributed by atoms with Gasteiger partial charge in [-0.25, -0.2) is 0 Å². The van der Waals surface area contributed by atoms with Gasteiger partial charge in [0.05, 0.1) is 5.56 Å². The number of aliphatic carboxylic acids is 1. The summed E-state index contributed by atoms with van der Waals surface area (Å²) in [6.07, 6.45) is -4.73.